The first kappa shape index (κ1) is 11.0. The van der Waals surface area contributed by atoms with Gasteiger partial charge in [-0.25, -0.2) is 4.79 Å². The van der Waals surface area contributed by atoms with Crippen LogP contribution in [0.5, 0.6) is 0 Å². The van der Waals surface area contributed by atoms with Gasteiger partial charge in [0.1, 0.15) is 0 Å². The summed E-state index contributed by atoms with van der Waals surface area (Å²) in [6, 6.07) is 6.19. The molecule has 0 aliphatic rings. The molecular weight excluding hydrogens is 204 g/mol. The summed E-state index contributed by atoms with van der Waals surface area (Å²) in [5.41, 5.74) is 2.63. The second-order valence-electron chi connectivity index (χ2n) is 4.29. The van der Waals surface area contributed by atoms with Crippen LogP contribution in [-0.4, -0.2) is 23.6 Å². The lowest BCUT2D eigenvalue weighted by Crippen LogP contribution is -2.16. The zero-order valence-electron chi connectivity index (χ0n) is 10.0. The average molecular weight is 220 g/mol. The molecule has 2 rings (SSSR count). The molecule has 0 fully saturated rings. The predicted molar refractivity (Wildman–Crippen MR) is 63.6 cm³/mol. The maximum Gasteiger partial charge on any atom is 0.419 e. The third kappa shape index (κ3) is 1.65. The summed E-state index contributed by atoms with van der Waals surface area (Å²) in [7, 11) is 5.76. The number of nitrogens with zero attached hydrogens (tertiary/aromatic N) is 2. The molecule has 0 aliphatic heterocycles. The zero-order valence-corrected chi connectivity index (χ0v) is 10.0. The lowest BCUT2D eigenvalue weighted by Gasteiger charge is -2.19. The van der Waals surface area contributed by atoms with E-state index >= 15 is 0 Å². The van der Waals surface area contributed by atoms with E-state index in [0.717, 1.165) is 11.1 Å². The fraction of sp³-hybridized carbons (Fsp3) is 0.417. The van der Waals surface area contributed by atoms with Gasteiger partial charge in [0.15, 0.2) is 5.58 Å². The van der Waals surface area contributed by atoms with Crippen molar-refractivity contribution in [3.05, 3.63) is 34.3 Å². The molecule has 1 aromatic heterocycles. The van der Waals surface area contributed by atoms with Gasteiger partial charge in [0, 0.05) is 13.1 Å². The Morgan fingerprint density at radius 1 is 1.38 bits per heavy atom. The largest absolute Gasteiger partial charge is 0.419 e. The van der Waals surface area contributed by atoms with Crippen LogP contribution in [0.1, 0.15) is 18.5 Å². The second kappa shape index (κ2) is 3.79. The highest BCUT2D eigenvalue weighted by Gasteiger charge is 2.11. The third-order valence-electron chi connectivity index (χ3n) is 3.07. The summed E-state index contributed by atoms with van der Waals surface area (Å²) in [6.07, 6.45) is 0. The van der Waals surface area contributed by atoms with Gasteiger partial charge in [-0.1, -0.05) is 6.07 Å². The number of hydrogen-bond donors (Lipinski definition) is 0. The molecule has 1 aromatic carbocycles. The van der Waals surface area contributed by atoms with Gasteiger partial charge >= 0.3 is 5.76 Å². The Morgan fingerprint density at radius 3 is 2.69 bits per heavy atom. The smallest absolute Gasteiger partial charge is 0.408 e. The molecule has 16 heavy (non-hydrogen) atoms. The van der Waals surface area contributed by atoms with E-state index in [1.54, 1.807) is 7.05 Å². The lowest BCUT2D eigenvalue weighted by atomic mass is 10.1. The van der Waals surface area contributed by atoms with Crippen LogP contribution in [0.25, 0.3) is 11.1 Å². The molecule has 1 heterocycles. The molecule has 0 radical (unpaired) electrons. The minimum atomic E-state index is -0.315. The SMILES string of the molecule is CC(c1ccc2c(c1)oc(=O)n2C)N(C)C. The van der Waals surface area contributed by atoms with E-state index < -0.39 is 0 Å². The van der Waals surface area contributed by atoms with Crippen LogP contribution in [0.3, 0.4) is 0 Å². The molecule has 1 unspecified atom stereocenters. The first-order chi connectivity index (χ1) is 7.50. The van der Waals surface area contributed by atoms with E-state index in [9.17, 15) is 4.79 Å². The Morgan fingerprint density at radius 2 is 2.06 bits per heavy atom. The van der Waals surface area contributed by atoms with E-state index in [0.29, 0.717) is 11.6 Å². The Bertz CT molecular complexity index is 566. The molecule has 1 atom stereocenters. The molecule has 2 aromatic rings. The van der Waals surface area contributed by atoms with Gasteiger partial charge in [-0.2, -0.15) is 0 Å². The molecule has 0 saturated heterocycles. The van der Waals surface area contributed by atoms with Gasteiger partial charge in [0.2, 0.25) is 0 Å². The molecule has 4 nitrogen and oxygen atoms in total. The molecule has 0 bridgehead atoms. The highest BCUT2D eigenvalue weighted by atomic mass is 16.4. The van der Waals surface area contributed by atoms with Crippen LogP contribution < -0.4 is 5.76 Å². The summed E-state index contributed by atoms with van der Waals surface area (Å²) in [5.74, 6) is -0.315. The van der Waals surface area contributed by atoms with Crippen LogP contribution >= 0.6 is 0 Å². The molecule has 4 heteroatoms. The van der Waals surface area contributed by atoms with Gasteiger partial charge in [-0.3, -0.25) is 4.57 Å². The van der Waals surface area contributed by atoms with E-state index in [4.69, 9.17) is 4.42 Å². The Balaban J connectivity index is 2.57. The van der Waals surface area contributed by atoms with E-state index in [1.165, 1.54) is 4.57 Å². The maximum atomic E-state index is 11.3. The van der Waals surface area contributed by atoms with Crippen molar-refractivity contribution in [2.24, 2.45) is 7.05 Å². The van der Waals surface area contributed by atoms with Crippen molar-refractivity contribution >= 4 is 11.1 Å². The number of hydrogen-bond acceptors (Lipinski definition) is 3. The average Bonchev–Trinajstić information content (AvgIpc) is 2.53. The van der Waals surface area contributed by atoms with Crippen LogP contribution in [0, 0.1) is 0 Å². The minimum Gasteiger partial charge on any atom is -0.408 e. The predicted octanol–water partition coefficient (Wildman–Crippen LogP) is 1.75. The lowest BCUT2D eigenvalue weighted by molar-refractivity contribution is 0.321. The summed E-state index contributed by atoms with van der Waals surface area (Å²) < 4.78 is 6.67. The van der Waals surface area contributed by atoms with Crippen molar-refractivity contribution in [1.82, 2.24) is 9.47 Å². The maximum absolute atomic E-state index is 11.3. The minimum absolute atomic E-state index is 0.301. The van der Waals surface area contributed by atoms with Gasteiger partial charge in [0.25, 0.3) is 0 Å². The first-order valence-corrected chi connectivity index (χ1v) is 5.26. The van der Waals surface area contributed by atoms with Gasteiger partial charge in [0.05, 0.1) is 5.52 Å². The van der Waals surface area contributed by atoms with E-state index in [2.05, 4.69) is 11.8 Å². The summed E-state index contributed by atoms with van der Waals surface area (Å²) >= 11 is 0. The summed E-state index contributed by atoms with van der Waals surface area (Å²) in [6.45, 7) is 2.11. The Kier molecular flexibility index (Phi) is 2.59. The molecule has 86 valence electrons. The summed E-state index contributed by atoms with van der Waals surface area (Å²) in [4.78, 5) is 13.5. The zero-order chi connectivity index (χ0) is 11.9. The third-order valence-corrected chi connectivity index (χ3v) is 3.07. The normalized spacial score (nSPS) is 13.6. The molecular formula is C12H16N2O2. The molecule has 0 N–H and O–H groups in total. The highest BCUT2D eigenvalue weighted by molar-refractivity contribution is 5.73. The van der Waals surface area contributed by atoms with Crippen molar-refractivity contribution in [3.8, 4) is 0 Å². The van der Waals surface area contributed by atoms with Crippen LogP contribution in [0.4, 0.5) is 0 Å². The number of benzene rings is 1. The fourth-order valence-corrected chi connectivity index (χ4v) is 1.71. The second-order valence-corrected chi connectivity index (χ2v) is 4.29. The van der Waals surface area contributed by atoms with Gasteiger partial charge in [-0.05, 0) is 38.7 Å². The van der Waals surface area contributed by atoms with Crippen LogP contribution in [-0.2, 0) is 7.05 Å². The fourth-order valence-electron chi connectivity index (χ4n) is 1.71. The highest BCUT2D eigenvalue weighted by Crippen LogP contribution is 2.21. The number of fused-ring (bicyclic) bond motifs is 1. The number of aromatic nitrogens is 1. The molecule has 0 amide bonds. The van der Waals surface area contributed by atoms with E-state index in [-0.39, 0.29) is 5.76 Å². The number of rotatable bonds is 2. The summed E-state index contributed by atoms with van der Waals surface area (Å²) in [5, 5.41) is 0. The molecule has 0 spiro atoms. The van der Waals surface area contributed by atoms with Gasteiger partial charge < -0.3 is 9.32 Å². The Labute approximate surface area is 94.1 Å². The quantitative estimate of drug-likeness (QED) is 0.774. The van der Waals surface area contributed by atoms with Gasteiger partial charge in [-0.15, -0.1) is 0 Å². The standard InChI is InChI=1S/C12H16N2O2/c1-8(13(2)3)9-5-6-10-11(7-9)16-12(15)14(10)4/h5-8H,1-4H3. The first-order valence-electron chi connectivity index (χ1n) is 5.26. The van der Waals surface area contributed by atoms with Crippen molar-refractivity contribution in [2.75, 3.05) is 14.1 Å². The molecule has 0 aliphatic carbocycles. The van der Waals surface area contributed by atoms with Crippen molar-refractivity contribution in [1.29, 1.82) is 0 Å². The number of oxazole rings is 1. The van der Waals surface area contributed by atoms with Crippen LogP contribution in [0.15, 0.2) is 27.4 Å². The molecule has 0 saturated carbocycles. The van der Waals surface area contributed by atoms with Crippen molar-refractivity contribution < 1.29 is 4.42 Å². The number of aryl methyl sites for hydroxylation is 1. The van der Waals surface area contributed by atoms with E-state index in [1.807, 2.05) is 32.3 Å². The van der Waals surface area contributed by atoms with Crippen molar-refractivity contribution in [2.45, 2.75) is 13.0 Å². The topological polar surface area (TPSA) is 38.4 Å². The monoisotopic (exact) mass is 220 g/mol. The van der Waals surface area contributed by atoms with Crippen LogP contribution in [0.2, 0.25) is 0 Å². The van der Waals surface area contributed by atoms with Crippen molar-refractivity contribution in [3.63, 3.8) is 0 Å². The Hall–Kier alpha value is -1.55.